The summed E-state index contributed by atoms with van der Waals surface area (Å²) in [7, 11) is 1.69. The van der Waals surface area contributed by atoms with E-state index in [1.54, 1.807) is 23.7 Å². The molecule has 5 heterocycles. The number of piperazine rings is 1. The van der Waals surface area contributed by atoms with Crippen LogP contribution >= 0.6 is 0 Å². The van der Waals surface area contributed by atoms with Crippen LogP contribution in [0.4, 0.5) is 18.9 Å². The summed E-state index contributed by atoms with van der Waals surface area (Å²) in [5.74, 6) is -1.66. The molecule has 0 spiro atoms. The van der Waals surface area contributed by atoms with E-state index in [1.165, 1.54) is 24.5 Å². The monoisotopic (exact) mass is 829 g/mol. The van der Waals surface area contributed by atoms with Crippen LogP contribution in [0.15, 0.2) is 59.5 Å². The van der Waals surface area contributed by atoms with E-state index < -0.39 is 41.0 Å². The minimum atomic E-state index is -4.72. The van der Waals surface area contributed by atoms with Gasteiger partial charge in [-0.1, -0.05) is 18.2 Å². The second kappa shape index (κ2) is 15.6. The van der Waals surface area contributed by atoms with Crippen LogP contribution in [0, 0.1) is 5.92 Å². The highest BCUT2D eigenvalue weighted by Crippen LogP contribution is 2.37. The molecule has 1 atom stereocenters. The molecule has 8 rings (SSSR count). The van der Waals surface area contributed by atoms with Gasteiger partial charge in [0.15, 0.2) is 0 Å². The van der Waals surface area contributed by atoms with Crippen LogP contribution < -0.4 is 16.3 Å². The lowest BCUT2D eigenvalue weighted by Gasteiger charge is -2.38. The minimum absolute atomic E-state index is 0.0137. The van der Waals surface area contributed by atoms with Gasteiger partial charge in [-0.15, -0.1) is 0 Å². The molecule has 1 saturated carbocycles. The SMILES string of the molecule is Cn1c(=O)n(C2CCC(=O)NC2=O)c2cccc(CN3CCN(C(=O)C4CCC(n5cc6cc(NC(=O)c7cccc(C(F)(F)F)n7)c(C(C)(C)O)cc6n5)CC4)CC3)c21. The number of imidazole rings is 1. The Balaban J connectivity index is 0.889. The molecule has 3 N–H and O–H groups in total. The van der Waals surface area contributed by atoms with Gasteiger partial charge in [-0.3, -0.25) is 43.2 Å². The Labute approximate surface area is 342 Å². The van der Waals surface area contributed by atoms with E-state index in [4.69, 9.17) is 5.10 Å². The molecular weight excluding hydrogens is 784 g/mol. The molecule has 0 radical (unpaired) electrons. The Morgan fingerprint density at radius 1 is 0.950 bits per heavy atom. The molecular formula is C42H46F3N9O6. The molecule has 15 nitrogen and oxygen atoms in total. The lowest BCUT2D eigenvalue weighted by atomic mass is 9.85. The number of carbonyl (C=O) groups is 4. The van der Waals surface area contributed by atoms with Gasteiger partial charge in [0, 0.05) is 74.9 Å². The van der Waals surface area contributed by atoms with E-state index in [0.717, 1.165) is 23.2 Å². The summed E-state index contributed by atoms with van der Waals surface area (Å²) < 4.78 is 44.7. The summed E-state index contributed by atoms with van der Waals surface area (Å²) in [5, 5.41) is 21.4. The van der Waals surface area contributed by atoms with Crippen LogP contribution in [-0.4, -0.2) is 88.6 Å². The first-order valence-corrected chi connectivity index (χ1v) is 20.1. The number of halogens is 3. The van der Waals surface area contributed by atoms with Crippen LogP contribution in [0.3, 0.4) is 0 Å². The highest BCUT2D eigenvalue weighted by atomic mass is 19.4. The molecule has 3 aliphatic rings. The van der Waals surface area contributed by atoms with Crippen molar-refractivity contribution >= 4 is 51.3 Å². The fourth-order valence-electron chi connectivity index (χ4n) is 8.88. The Morgan fingerprint density at radius 3 is 2.35 bits per heavy atom. The zero-order valence-corrected chi connectivity index (χ0v) is 33.5. The van der Waals surface area contributed by atoms with Crippen molar-refractivity contribution in [3.63, 3.8) is 0 Å². The van der Waals surface area contributed by atoms with Crippen molar-refractivity contribution in [2.45, 2.75) is 82.8 Å². The summed E-state index contributed by atoms with van der Waals surface area (Å²) >= 11 is 0. The Hall–Kier alpha value is -5.88. The summed E-state index contributed by atoms with van der Waals surface area (Å²) in [6, 6.07) is 11.3. The molecule has 2 saturated heterocycles. The van der Waals surface area contributed by atoms with Gasteiger partial charge in [0.2, 0.25) is 17.7 Å². The maximum atomic E-state index is 13.8. The smallest absolute Gasteiger partial charge is 0.386 e. The molecule has 1 unspecified atom stereocenters. The number of hydrogen-bond donors (Lipinski definition) is 3. The molecule has 2 aromatic carbocycles. The first kappa shape index (κ1) is 40.9. The molecule has 3 aromatic heterocycles. The van der Waals surface area contributed by atoms with Crippen LogP contribution in [0.25, 0.3) is 21.9 Å². The van der Waals surface area contributed by atoms with Gasteiger partial charge < -0.3 is 15.3 Å². The highest BCUT2D eigenvalue weighted by Gasteiger charge is 2.35. The second-order valence-electron chi connectivity index (χ2n) is 16.6. The number of rotatable bonds is 8. The van der Waals surface area contributed by atoms with Gasteiger partial charge in [0.1, 0.15) is 17.4 Å². The number of pyridine rings is 1. The predicted octanol–water partition coefficient (Wildman–Crippen LogP) is 4.64. The van der Waals surface area contributed by atoms with Crippen LogP contribution in [0.1, 0.15) is 91.8 Å². The number of aryl methyl sites for hydroxylation is 1. The molecule has 5 aromatic rings. The number of nitrogens with zero attached hydrogens (tertiary/aromatic N) is 7. The van der Waals surface area contributed by atoms with E-state index in [1.807, 2.05) is 34.0 Å². The summed E-state index contributed by atoms with van der Waals surface area (Å²) in [4.78, 5) is 72.3. The number of benzene rings is 2. The number of anilines is 1. The zero-order chi connectivity index (χ0) is 42.7. The molecule has 316 valence electrons. The van der Waals surface area contributed by atoms with Gasteiger partial charge in [0.25, 0.3) is 5.91 Å². The van der Waals surface area contributed by atoms with E-state index >= 15 is 0 Å². The van der Waals surface area contributed by atoms with Gasteiger partial charge in [-0.25, -0.2) is 9.78 Å². The van der Waals surface area contributed by atoms with Crippen LogP contribution in [-0.2, 0) is 39.8 Å². The van der Waals surface area contributed by atoms with E-state index in [2.05, 4.69) is 20.5 Å². The zero-order valence-electron chi connectivity index (χ0n) is 33.5. The van der Waals surface area contributed by atoms with Gasteiger partial charge >= 0.3 is 11.9 Å². The normalized spacial score (nSPS) is 20.8. The van der Waals surface area contributed by atoms with Crippen molar-refractivity contribution in [1.29, 1.82) is 0 Å². The standard InChI is InChI=1S/C42H46F3N9O6/c1-41(2,60)28-21-30-26(20-31(28)47-37(56)29-7-5-9-34(46-29)42(43,44)45)23-53(49-30)27-12-10-24(11-13-27)39(58)52-18-16-51(17-19-52)22-25-6-4-8-32-36(25)50(3)40(59)54(32)33-14-15-35(55)48-38(33)57/h4-9,20-21,23-24,27,33,60H,10-19,22H2,1-3H3,(H,47,56)(H,48,55,57). The van der Waals surface area contributed by atoms with Crippen LogP contribution in [0.5, 0.6) is 0 Å². The maximum Gasteiger partial charge on any atom is 0.433 e. The number of amides is 4. The second-order valence-corrected chi connectivity index (χ2v) is 16.6. The van der Waals surface area contributed by atoms with Crippen molar-refractivity contribution < 1.29 is 37.5 Å². The number of aromatic nitrogens is 5. The van der Waals surface area contributed by atoms with Gasteiger partial charge in [-0.2, -0.15) is 18.3 Å². The Kier molecular flexibility index (Phi) is 10.6. The fraction of sp³-hybridized carbons (Fsp3) is 0.452. The van der Waals surface area contributed by atoms with Crippen LogP contribution in [0.2, 0.25) is 0 Å². The third-order valence-electron chi connectivity index (χ3n) is 12.0. The average molecular weight is 830 g/mol. The molecule has 18 heteroatoms. The number of alkyl halides is 3. The lowest BCUT2D eigenvalue weighted by Crippen LogP contribution is -2.50. The fourth-order valence-corrected chi connectivity index (χ4v) is 8.88. The number of imide groups is 1. The number of piperidine rings is 1. The average Bonchev–Trinajstić information content (AvgIpc) is 3.74. The molecule has 4 amide bonds. The Bertz CT molecular complexity index is 2570. The molecule has 60 heavy (non-hydrogen) atoms. The number of fused-ring (bicyclic) bond motifs is 2. The Morgan fingerprint density at radius 2 is 1.67 bits per heavy atom. The number of para-hydroxylation sites is 1. The topological polar surface area (TPSA) is 177 Å². The van der Waals surface area contributed by atoms with Crippen molar-refractivity contribution in [3.8, 4) is 0 Å². The predicted molar refractivity (Wildman–Crippen MR) is 214 cm³/mol. The van der Waals surface area contributed by atoms with E-state index in [-0.39, 0.29) is 48.0 Å². The first-order valence-electron chi connectivity index (χ1n) is 20.1. The quantitative estimate of drug-likeness (QED) is 0.188. The van der Waals surface area contributed by atoms with E-state index in [9.17, 15) is 42.3 Å². The van der Waals surface area contributed by atoms with E-state index in [0.29, 0.717) is 80.4 Å². The highest BCUT2D eigenvalue weighted by molar-refractivity contribution is 6.04. The van der Waals surface area contributed by atoms with Crippen molar-refractivity contribution in [2.24, 2.45) is 13.0 Å². The third-order valence-corrected chi connectivity index (χ3v) is 12.0. The number of carbonyl (C=O) groups excluding carboxylic acids is 4. The number of nitrogens with one attached hydrogen (secondary N) is 2. The number of hydrogen-bond acceptors (Lipinski definition) is 9. The van der Waals surface area contributed by atoms with Crippen molar-refractivity contribution in [2.75, 3.05) is 31.5 Å². The summed E-state index contributed by atoms with van der Waals surface area (Å²) in [5.41, 5.74) is 0.106. The summed E-state index contributed by atoms with van der Waals surface area (Å²) in [6.45, 7) is 6.10. The molecule has 1 aliphatic carbocycles. The summed E-state index contributed by atoms with van der Waals surface area (Å²) in [6.07, 6.45) is 0.351. The lowest BCUT2D eigenvalue weighted by molar-refractivity contribution is -0.141. The van der Waals surface area contributed by atoms with Crippen molar-refractivity contribution in [1.82, 2.24) is 39.0 Å². The maximum absolute atomic E-state index is 13.8. The largest absolute Gasteiger partial charge is 0.433 e. The number of aliphatic hydroxyl groups is 1. The van der Waals surface area contributed by atoms with Gasteiger partial charge in [0.05, 0.1) is 28.2 Å². The molecule has 3 fully saturated rings. The molecule has 2 aliphatic heterocycles. The third kappa shape index (κ3) is 7.92. The minimum Gasteiger partial charge on any atom is -0.386 e. The first-order chi connectivity index (χ1) is 28.5. The van der Waals surface area contributed by atoms with Gasteiger partial charge in [-0.05, 0) is 81.8 Å². The van der Waals surface area contributed by atoms with Crippen molar-refractivity contribution in [3.05, 3.63) is 87.7 Å². The molecule has 0 bridgehead atoms.